The molecule has 5 heteroatoms. The van der Waals surface area contributed by atoms with Crippen LogP contribution in [0.3, 0.4) is 0 Å². The van der Waals surface area contributed by atoms with Crippen LogP contribution in [0.5, 0.6) is 0 Å². The van der Waals surface area contributed by atoms with E-state index in [1.54, 1.807) is 0 Å². The Morgan fingerprint density at radius 2 is 2.00 bits per heavy atom. The van der Waals surface area contributed by atoms with Crippen molar-refractivity contribution in [3.05, 3.63) is 29.8 Å². The lowest BCUT2D eigenvalue weighted by Gasteiger charge is -2.23. The molecule has 1 aliphatic heterocycles. The summed E-state index contributed by atoms with van der Waals surface area (Å²) in [4.78, 5) is 23.3. The molecule has 2 amide bonds. The summed E-state index contributed by atoms with van der Waals surface area (Å²) in [6.07, 6.45) is 1.56. The van der Waals surface area contributed by atoms with Crippen molar-refractivity contribution in [3.8, 4) is 0 Å². The Kier molecular flexibility index (Phi) is 5.33. The van der Waals surface area contributed by atoms with Crippen molar-refractivity contribution >= 4 is 17.5 Å². The van der Waals surface area contributed by atoms with Crippen LogP contribution < -0.4 is 10.6 Å². The number of hydrogen-bond acceptors (Lipinski definition) is 3. The molecule has 1 heterocycles. The van der Waals surface area contributed by atoms with E-state index >= 15 is 0 Å². The summed E-state index contributed by atoms with van der Waals surface area (Å²) in [5, 5.41) is 5.79. The van der Waals surface area contributed by atoms with Crippen LogP contribution in [0.25, 0.3) is 0 Å². The number of ether oxygens (including phenoxy) is 1. The summed E-state index contributed by atoms with van der Waals surface area (Å²) >= 11 is 0. The summed E-state index contributed by atoms with van der Waals surface area (Å²) in [6, 6.07) is 7.45. The fourth-order valence-electron chi connectivity index (χ4n) is 2.46. The Bertz CT molecular complexity index is 510. The highest BCUT2D eigenvalue weighted by Gasteiger charge is 2.23. The van der Waals surface area contributed by atoms with Gasteiger partial charge in [-0.1, -0.05) is 12.1 Å². The van der Waals surface area contributed by atoms with Gasteiger partial charge in [-0.2, -0.15) is 0 Å². The van der Waals surface area contributed by atoms with Gasteiger partial charge in [0.05, 0.1) is 6.04 Å². The second kappa shape index (κ2) is 7.22. The molecule has 1 fully saturated rings. The first-order valence-electron chi connectivity index (χ1n) is 7.32. The Morgan fingerprint density at radius 3 is 2.67 bits per heavy atom. The van der Waals surface area contributed by atoms with E-state index < -0.39 is 0 Å². The van der Waals surface area contributed by atoms with E-state index in [1.807, 2.05) is 31.2 Å². The van der Waals surface area contributed by atoms with Crippen LogP contribution in [-0.4, -0.2) is 25.0 Å². The lowest BCUT2D eigenvalue weighted by atomic mass is 9.98. The number of nitrogens with one attached hydrogen (secondary N) is 2. The van der Waals surface area contributed by atoms with Crippen LogP contribution in [0.15, 0.2) is 24.3 Å². The van der Waals surface area contributed by atoms with Gasteiger partial charge in [-0.15, -0.1) is 0 Å². The van der Waals surface area contributed by atoms with E-state index in [9.17, 15) is 9.59 Å². The lowest BCUT2D eigenvalue weighted by molar-refractivity contribution is -0.128. The topological polar surface area (TPSA) is 67.4 Å². The maximum atomic E-state index is 12.2. The smallest absolute Gasteiger partial charge is 0.223 e. The van der Waals surface area contributed by atoms with Gasteiger partial charge in [0.2, 0.25) is 11.8 Å². The van der Waals surface area contributed by atoms with Gasteiger partial charge in [0.15, 0.2) is 0 Å². The van der Waals surface area contributed by atoms with Crippen molar-refractivity contribution in [1.29, 1.82) is 0 Å². The zero-order chi connectivity index (χ0) is 15.2. The second-order valence-corrected chi connectivity index (χ2v) is 5.42. The molecular formula is C16H22N2O3. The number of benzene rings is 1. The monoisotopic (exact) mass is 290 g/mol. The van der Waals surface area contributed by atoms with E-state index in [4.69, 9.17) is 4.74 Å². The first-order valence-corrected chi connectivity index (χ1v) is 7.32. The fourth-order valence-corrected chi connectivity index (χ4v) is 2.46. The fraction of sp³-hybridized carbons (Fsp3) is 0.500. The van der Waals surface area contributed by atoms with Gasteiger partial charge in [0.1, 0.15) is 0 Å². The van der Waals surface area contributed by atoms with Crippen LogP contribution in [0.2, 0.25) is 0 Å². The molecule has 0 aliphatic carbocycles. The molecule has 1 aliphatic rings. The maximum absolute atomic E-state index is 12.2. The predicted molar refractivity (Wildman–Crippen MR) is 80.8 cm³/mol. The third-order valence-electron chi connectivity index (χ3n) is 3.66. The number of anilines is 1. The van der Waals surface area contributed by atoms with Crippen LogP contribution in [0.1, 0.15) is 38.3 Å². The third kappa shape index (κ3) is 4.56. The van der Waals surface area contributed by atoms with Gasteiger partial charge >= 0.3 is 0 Å². The average Bonchev–Trinajstić information content (AvgIpc) is 2.47. The number of carbonyl (C=O) groups excluding carboxylic acids is 2. The van der Waals surface area contributed by atoms with Crippen molar-refractivity contribution in [1.82, 2.24) is 5.32 Å². The highest BCUT2D eigenvalue weighted by molar-refractivity contribution is 5.88. The molecule has 1 aromatic carbocycles. The second-order valence-electron chi connectivity index (χ2n) is 5.42. The number of rotatable bonds is 4. The van der Waals surface area contributed by atoms with Crippen LogP contribution in [0.4, 0.5) is 5.69 Å². The predicted octanol–water partition coefficient (Wildman–Crippen LogP) is 2.25. The third-order valence-corrected chi connectivity index (χ3v) is 3.66. The molecule has 1 atom stereocenters. The molecule has 1 aromatic rings. The van der Waals surface area contributed by atoms with E-state index in [1.165, 1.54) is 6.92 Å². The van der Waals surface area contributed by atoms with Crippen molar-refractivity contribution in [3.63, 3.8) is 0 Å². The molecule has 0 aromatic heterocycles. The summed E-state index contributed by atoms with van der Waals surface area (Å²) in [5.41, 5.74) is 1.72. The van der Waals surface area contributed by atoms with Crippen LogP contribution in [0, 0.1) is 5.92 Å². The van der Waals surface area contributed by atoms with Crippen molar-refractivity contribution in [2.45, 2.75) is 32.7 Å². The minimum Gasteiger partial charge on any atom is -0.381 e. The molecule has 0 spiro atoms. The molecule has 0 radical (unpaired) electrons. The van der Waals surface area contributed by atoms with Crippen molar-refractivity contribution in [2.75, 3.05) is 18.5 Å². The molecule has 114 valence electrons. The van der Waals surface area contributed by atoms with Gasteiger partial charge in [-0.25, -0.2) is 0 Å². The van der Waals surface area contributed by atoms with Crippen LogP contribution in [-0.2, 0) is 14.3 Å². The Hall–Kier alpha value is -1.88. The van der Waals surface area contributed by atoms with E-state index in [0.717, 1.165) is 24.1 Å². The SMILES string of the molecule is CC(=O)Nc1cccc(C(C)NC(=O)C2CCOCC2)c1. The summed E-state index contributed by atoms with van der Waals surface area (Å²) in [6.45, 7) is 4.74. The van der Waals surface area contributed by atoms with Crippen molar-refractivity contribution in [2.24, 2.45) is 5.92 Å². The molecule has 2 rings (SSSR count). The summed E-state index contributed by atoms with van der Waals surface area (Å²) < 4.78 is 5.27. The van der Waals surface area contributed by atoms with E-state index in [-0.39, 0.29) is 23.8 Å². The zero-order valence-electron chi connectivity index (χ0n) is 12.5. The standard InChI is InChI=1S/C16H22N2O3/c1-11(17-16(20)13-6-8-21-9-7-13)14-4-3-5-15(10-14)18-12(2)19/h3-5,10-11,13H,6-9H2,1-2H3,(H,17,20)(H,18,19). The van der Waals surface area contributed by atoms with Gasteiger partial charge in [0.25, 0.3) is 0 Å². The molecule has 0 bridgehead atoms. The minimum absolute atomic E-state index is 0.0414. The quantitative estimate of drug-likeness (QED) is 0.893. The van der Waals surface area contributed by atoms with E-state index in [2.05, 4.69) is 10.6 Å². The number of carbonyl (C=O) groups is 2. The Morgan fingerprint density at radius 1 is 1.29 bits per heavy atom. The molecule has 0 saturated carbocycles. The Labute approximate surface area is 125 Å². The average molecular weight is 290 g/mol. The first kappa shape index (κ1) is 15.5. The first-order chi connectivity index (χ1) is 10.1. The highest BCUT2D eigenvalue weighted by Crippen LogP contribution is 2.20. The zero-order valence-corrected chi connectivity index (χ0v) is 12.5. The van der Waals surface area contributed by atoms with Crippen LogP contribution >= 0.6 is 0 Å². The van der Waals surface area contributed by atoms with Gasteiger partial charge in [-0.05, 0) is 37.5 Å². The minimum atomic E-state index is -0.106. The van der Waals surface area contributed by atoms with Crippen molar-refractivity contribution < 1.29 is 14.3 Å². The number of hydrogen-bond donors (Lipinski definition) is 2. The number of amides is 2. The van der Waals surface area contributed by atoms with E-state index in [0.29, 0.717) is 13.2 Å². The largest absolute Gasteiger partial charge is 0.381 e. The van der Waals surface area contributed by atoms with Gasteiger partial charge in [0, 0.05) is 31.7 Å². The summed E-state index contributed by atoms with van der Waals surface area (Å²) in [5.74, 6) is 0.0153. The van der Waals surface area contributed by atoms with Gasteiger partial charge in [-0.3, -0.25) is 9.59 Å². The maximum Gasteiger partial charge on any atom is 0.223 e. The normalized spacial score (nSPS) is 17.0. The Balaban J connectivity index is 1.97. The molecule has 2 N–H and O–H groups in total. The van der Waals surface area contributed by atoms with Gasteiger partial charge < -0.3 is 15.4 Å². The highest BCUT2D eigenvalue weighted by atomic mass is 16.5. The molecular weight excluding hydrogens is 268 g/mol. The molecule has 21 heavy (non-hydrogen) atoms. The molecule has 1 saturated heterocycles. The molecule has 1 unspecified atom stereocenters. The summed E-state index contributed by atoms with van der Waals surface area (Å²) in [7, 11) is 0. The lowest BCUT2D eigenvalue weighted by Crippen LogP contribution is -2.35. The molecule has 5 nitrogen and oxygen atoms in total.